The van der Waals surface area contributed by atoms with Crippen molar-refractivity contribution in [2.24, 2.45) is 0 Å². The van der Waals surface area contributed by atoms with Gasteiger partial charge in [-0.1, -0.05) is 6.08 Å². The van der Waals surface area contributed by atoms with Crippen molar-refractivity contribution in [2.75, 3.05) is 11.5 Å². The molecular weight excluding hydrogens is 260 g/mol. The second kappa shape index (κ2) is 4.32. The molecule has 1 spiro atoms. The molecule has 3 heterocycles. The van der Waals surface area contributed by atoms with Crippen LogP contribution in [0.25, 0.3) is 0 Å². The normalized spacial score (nSPS) is 37.7. The monoisotopic (exact) mass is 280 g/mol. The minimum Gasteiger partial charge on any atom is -0.360 e. The molecule has 0 radical (unpaired) electrons. The summed E-state index contributed by atoms with van der Waals surface area (Å²) in [7, 11) is 0. The molecule has 4 aliphatic rings. The Morgan fingerprint density at radius 3 is 2.94 bits per heavy atom. The molecule has 2 saturated heterocycles. The first-order chi connectivity index (χ1) is 8.80. The summed E-state index contributed by atoms with van der Waals surface area (Å²) in [6.45, 7) is 2.34. The van der Waals surface area contributed by atoms with Crippen molar-refractivity contribution in [3.63, 3.8) is 0 Å². The van der Waals surface area contributed by atoms with Crippen molar-refractivity contribution in [1.82, 2.24) is 0 Å². The Kier molecular flexibility index (Phi) is 2.86. The number of fused-ring (bicyclic) bond motifs is 2. The minimum absolute atomic E-state index is 0.329. The molecule has 0 saturated carbocycles. The number of ether oxygens (including phenoxy) is 1. The van der Waals surface area contributed by atoms with E-state index in [0.717, 1.165) is 0 Å². The van der Waals surface area contributed by atoms with Crippen LogP contribution < -0.4 is 0 Å². The van der Waals surface area contributed by atoms with Crippen LogP contribution in [0.5, 0.6) is 0 Å². The maximum Gasteiger partial charge on any atom is 0.104 e. The van der Waals surface area contributed by atoms with Gasteiger partial charge in [-0.15, -0.1) is 23.5 Å². The molecule has 0 aromatic heterocycles. The van der Waals surface area contributed by atoms with E-state index in [-0.39, 0.29) is 0 Å². The molecule has 1 nitrogen and oxygen atoms in total. The highest BCUT2D eigenvalue weighted by atomic mass is 32.2. The van der Waals surface area contributed by atoms with Crippen molar-refractivity contribution in [3.8, 4) is 0 Å². The van der Waals surface area contributed by atoms with Crippen LogP contribution in [-0.4, -0.2) is 27.8 Å². The molecule has 1 aliphatic carbocycles. The molecule has 2 fully saturated rings. The van der Waals surface area contributed by atoms with Gasteiger partial charge in [0.1, 0.15) is 12.2 Å². The van der Waals surface area contributed by atoms with Gasteiger partial charge in [-0.2, -0.15) is 0 Å². The van der Waals surface area contributed by atoms with Gasteiger partial charge < -0.3 is 4.74 Å². The van der Waals surface area contributed by atoms with Crippen LogP contribution in [0, 0.1) is 0 Å². The maximum absolute atomic E-state index is 6.51. The summed E-state index contributed by atoms with van der Waals surface area (Å²) in [5.41, 5.74) is 4.79. The molecule has 3 aliphatic heterocycles. The van der Waals surface area contributed by atoms with Gasteiger partial charge in [0.05, 0.1) is 4.08 Å². The molecule has 0 amide bonds. The van der Waals surface area contributed by atoms with Gasteiger partial charge in [-0.3, -0.25) is 0 Å². The van der Waals surface area contributed by atoms with E-state index < -0.39 is 0 Å². The van der Waals surface area contributed by atoms with Gasteiger partial charge in [0.25, 0.3) is 0 Å². The van der Waals surface area contributed by atoms with E-state index in [9.17, 15) is 0 Å². The van der Waals surface area contributed by atoms with E-state index in [1.807, 2.05) is 0 Å². The lowest BCUT2D eigenvalue weighted by Gasteiger charge is -2.40. The first-order valence-electron chi connectivity index (χ1n) is 7.12. The van der Waals surface area contributed by atoms with Gasteiger partial charge in [0.15, 0.2) is 0 Å². The molecule has 0 aromatic carbocycles. The van der Waals surface area contributed by atoms with E-state index in [0.29, 0.717) is 16.3 Å². The predicted molar refractivity (Wildman–Crippen MR) is 80.2 cm³/mol. The zero-order valence-electron chi connectivity index (χ0n) is 10.9. The quantitative estimate of drug-likeness (QED) is 0.617. The van der Waals surface area contributed by atoms with E-state index in [4.69, 9.17) is 4.74 Å². The fourth-order valence-electron chi connectivity index (χ4n) is 3.86. The van der Waals surface area contributed by atoms with Crippen molar-refractivity contribution < 1.29 is 4.74 Å². The van der Waals surface area contributed by atoms with Crippen molar-refractivity contribution in [2.45, 2.75) is 55.3 Å². The molecule has 0 aromatic rings. The number of rotatable bonds is 0. The molecule has 2 unspecified atom stereocenters. The summed E-state index contributed by atoms with van der Waals surface area (Å²) >= 11 is 4.36. The number of hydrogen-bond acceptors (Lipinski definition) is 3. The maximum atomic E-state index is 6.51. The van der Waals surface area contributed by atoms with Crippen molar-refractivity contribution in [1.29, 1.82) is 0 Å². The first kappa shape index (κ1) is 11.9. The third-order valence-corrected chi connectivity index (χ3v) is 8.29. The summed E-state index contributed by atoms with van der Waals surface area (Å²) in [5, 5.41) is 0. The zero-order chi connectivity index (χ0) is 12.2. The summed E-state index contributed by atoms with van der Waals surface area (Å²) in [4.78, 5) is 0. The van der Waals surface area contributed by atoms with E-state index in [2.05, 4.69) is 36.5 Å². The lowest BCUT2D eigenvalue weighted by molar-refractivity contribution is 0.0713. The molecular formula is C15H20OS2. The van der Waals surface area contributed by atoms with Crippen LogP contribution in [0.2, 0.25) is 0 Å². The van der Waals surface area contributed by atoms with Gasteiger partial charge in [0.2, 0.25) is 0 Å². The van der Waals surface area contributed by atoms with Crippen molar-refractivity contribution in [3.05, 3.63) is 22.8 Å². The highest BCUT2D eigenvalue weighted by molar-refractivity contribution is 8.18. The lowest BCUT2D eigenvalue weighted by Crippen LogP contribution is -2.39. The molecule has 0 N–H and O–H groups in total. The Hall–Kier alpha value is 0.140. The third kappa shape index (κ3) is 1.60. The molecule has 3 heteroatoms. The third-order valence-electron chi connectivity index (χ3n) is 4.79. The van der Waals surface area contributed by atoms with Crippen LogP contribution in [0.4, 0.5) is 0 Å². The SMILES string of the molecule is CC1=C2CCC=C3CCC4(SCCCS4)C1OC32. The highest BCUT2D eigenvalue weighted by Gasteiger charge is 2.51. The average Bonchev–Trinajstić information content (AvgIpc) is 2.68. The zero-order valence-corrected chi connectivity index (χ0v) is 12.5. The van der Waals surface area contributed by atoms with Crippen LogP contribution >= 0.6 is 23.5 Å². The Bertz CT molecular complexity index is 432. The fourth-order valence-corrected chi connectivity index (χ4v) is 7.40. The Labute approximate surface area is 118 Å². The largest absolute Gasteiger partial charge is 0.360 e. The van der Waals surface area contributed by atoms with Crippen LogP contribution in [0.15, 0.2) is 22.8 Å². The second-order valence-electron chi connectivity index (χ2n) is 5.78. The van der Waals surface area contributed by atoms with E-state index >= 15 is 0 Å². The number of allylic oxidation sites excluding steroid dienone is 1. The smallest absolute Gasteiger partial charge is 0.104 e. The van der Waals surface area contributed by atoms with E-state index in [1.54, 1.807) is 16.7 Å². The minimum atomic E-state index is 0.329. The number of thioether (sulfide) groups is 2. The van der Waals surface area contributed by atoms with Gasteiger partial charge in [0, 0.05) is 0 Å². The Morgan fingerprint density at radius 1 is 1.28 bits per heavy atom. The van der Waals surface area contributed by atoms with Gasteiger partial charge in [-0.25, -0.2) is 0 Å². The number of hydrogen-bond donors (Lipinski definition) is 0. The molecule has 4 rings (SSSR count). The van der Waals surface area contributed by atoms with Crippen molar-refractivity contribution >= 4 is 23.5 Å². The summed E-state index contributed by atoms with van der Waals surface area (Å²) in [5.74, 6) is 2.64. The summed E-state index contributed by atoms with van der Waals surface area (Å²) < 4.78 is 6.84. The van der Waals surface area contributed by atoms with E-state index in [1.165, 1.54) is 43.6 Å². The topological polar surface area (TPSA) is 9.23 Å². The van der Waals surface area contributed by atoms with Gasteiger partial charge in [-0.05, 0) is 67.3 Å². The molecule has 18 heavy (non-hydrogen) atoms. The Morgan fingerprint density at radius 2 is 2.11 bits per heavy atom. The standard InChI is InChI=1S/C15H20OS2/c1-10-12-5-2-4-11-6-7-15(14(10)16-13(11)12)17-8-3-9-18-15/h4,13-14H,2-3,5-9H2,1H3. The predicted octanol–water partition coefficient (Wildman–Crippen LogP) is 4.15. The molecule has 2 bridgehead atoms. The van der Waals surface area contributed by atoms with Crippen LogP contribution in [-0.2, 0) is 4.74 Å². The second-order valence-corrected chi connectivity index (χ2v) is 8.89. The molecule has 2 atom stereocenters. The first-order valence-corrected chi connectivity index (χ1v) is 9.09. The Balaban J connectivity index is 1.78. The summed E-state index contributed by atoms with van der Waals surface area (Å²) in [6, 6.07) is 0. The fraction of sp³-hybridized carbons (Fsp3) is 0.733. The van der Waals surface area contributed by atoms with Crippen LogP contribution in [0.3, 0.4) is 0 Å². The van der Waals surface area contributed by atoms with Gasteiger partial charge >= 0.3 is 0 Å². The highest BCUT2D eigenvalue weighted by Crippen LogP contribution is 2.57. The molecule has 98 valence electrons. The average molecular weight is 280 g/mol. The van der Waals surface area contributed by atoms with Crippen LogP contribution in [0.1, 0.15) is 39.0 Å². The summed E-state index contributed by atoms with van der Waals surface area (Å²) in [6.07, 6.45) is 9.62. The lowest BCUT2D eigenvalue weighted by atomic mass is 9.84.